The minimum Gasteiger partial charge on any atom is -0.462 e. The number of hydrogen-bond acceptors (Lipinski definition) is 6. The van der Waals surface area contributed by atoms with Gasteiger partial charge in [0.05, 0.1) is 0 Å². The number of carbonyl (C=O) groups excluding carboxylic acids is 3. The average Bonchev–Trinajstić information content (AvgIpc) is 3.19. The van der Waals surface area contributed by atoms with E-state index < -0.39 is 12.1 Å². The maximum atomic E-state index is 12.7. The molecular formula is C50H80O6. The summed E-state index contributed by atoms with van der Waals surface area (Å²) in [5.41, 5.74) is 0. The second-order valence-corrected chi connectivity index (χ2v) is 14.3. The van der Waals surface area contributed by atoms with Crippen LogP contribution in [0.25, 0.3) is 0 Å². The van der Waals surface area contributed by atoms with Crippen LogP contribution in [0.2, 0.25) is 0 Å². The number of allylic oxidation sites excluding steroid dienone is 16. The zero-order chi connectivity index (χ0) is 40.8. The number of rotatable bonds is 38. The Balaban J connectivity index is 4.61. The van der Waals surface area contributed by atoms with Crippen molar-refractivity contribution in [2.24, 2.45) is 0 Å². The molecule has 0 aromatic carbocycles. The summed E-state index contributed by atoms with van der Waals surface area (Å²) < 4.78 is 16.5. The monoisotopic (exact) mass is 777 g/mol. The van der Waals surface area contributed by atoms with Gasteiger partial charge in [-0.3, -0.25) is 14.4 Å². The number of carbonyl (C=O) groups is 3. The lowest BCUT2D eigenvalue weighted by molar-refractivity contribution is -0.166. The van der Waals surface area contributed by atoms with Crippen molar-refractivity contribution in [2.75, 3.05) is 13.2 Å². The Morgan fingerprint density at radius 3 is 1.41 bits per heavy atom. The van der Waals surface area contributed by atoms with Crippen LogP contribution < -0.4 is 0 Å². The van der Waals surface area contributed by atoms with Gasteiger partial charge in [0.1, 0.15) is 13.2 Å². The molecule has 0 aliphatic heterocycles. The van der Waals surface area contributed by atoms with Crippen molar-refractivity contribution in [3.63, 3.8) is 0 Å². The topological polar surface area (TPSA) is 78.9 Å². The standard InChI is InChI=1S/C50H80O6/c1-4-7-10-13-16-19-22-25-28-31-34-37-40-43-49(52)55-46-47(45-54-48(51)42-39-36-33-30-27-24-21-18-15-12-9-6-3)56-50(53)44-41-38-35-32-29-26-23-20-17-14-11-8-5-2/h7,10,13,16,18-19,21-22,25-26,28-29,31,34-35,38,47H,4-6,8-9,11-12,14-15,17,20,23-24,27,30,32-33,36-37,39-46H2,1-3H3/b10-7-,16-13-,21-18-,22-19-,28-25-,29-26-,34-31-,38-35-. The molecule has 0 aromatic heterocycles. The van der Waals surface area contributed by atoms with Crippen LogP contribution in [0.4, 0.5) is 0 Å². The van der Waals surface area contributed by atoms with E-state index in [2.05, 4.69) is 57.2 Å². The van der Waals surface area contributed by atoms with Crippen LogP contribution in [0.3, 0.4) is 0 Å². The Bertz CT molecular complexity index is 1170. The number of esters is 3. The van der Waals surface area contributed by atoms with Gasteiger partial charge in [-0.25, -0.2) is 0 Å². The molecule has 1 atom stereocenters. The van der Waals surface area contributed by atoms with Gasteiger partial charge < -0.3 is 14.2 Å². The van der Waals surface area contributed by atoms with Crippen molar-refractivity contribution in [1.29, 1.82) is 0 Å². The van der Waals surface area contributed by atoms with Gasteiger partial charge in [0.2, 0.25) is 0 Å². The minimum absolute atomic E-state index is 0.129. The molecule has 0 bridgehead atoms. The van der Waals surface area contributed by atoms with E-state index in [0.29, 0.717) is 19.3 Å². The summed E-state index contributed by atoms with van der Waals surface area (Å²) in [4.78, 5) is 37.6. The van der Waals surface area contributed by atoms with Crippen molar-refractivity contribution >= 4 is 17.9 Å². The maximum absolute atomic E-state index is 12.7. The van der Waals surface area contributed by atoms with Crippen molar-refractivity contribution in [2.45, 2.75) is 187 Å². The van der Waals surface area contributed by atoms with Gasteiger partial charge in [-0.1, -0.05) is 182 Å². The molecule has 56 heavy (non-hydrogen) atoms. The first-order valence-electron chi connectivity index (χ1n) is 22.3. The summed E-state index contributed by atoms with van der Waals surface area (Å²) in [7, 11) is 0. The van der Waals surface area contributed by atoms with Crippen molar-refractivity contribution in [3.8, 4) is 0 Å². The maximum Gasteiger partial charge on any atom is 0.306 e. The Kier molecular flexibility index (Phi) is 41.2. The largest absolute Gasteiger partial charge is 0.462 e. The highest BCUT2D eigenvalue weighted by molar-refractivity contribution is 5.71. The van der Waals surface area contributed by atoms with Crippen LogP contribution in [0.15, 0.2) is 97.2 Å². The summed E-state index contributed by atoms with van der Waals surface area (Å²) in [6.07, 6.45) is 56.9. The Hall–Kier alpha value is -3.67. The van der Waals surface area contributed by atoms with E-state index in [1.807, 2.05) is 60.8 Å². The third kappa shape index (κ3) is 41.5. The predicted molar refractivity (Wildman–Crippen MR) is 237 cm³/mol. The van der Waals surface area contributed by atoms with E-state index in [1.165, 1.54) is 70.6 Å². The van der Waals surface area contributed by atoms with E-state index in [9.17, 15) is 14.4 Å². The molecule has 6 nitrogen and oxygen atoms in total. The Morgan fingerprint density at radius 2 is 0.821 bits per heavy atom. The molecule has 0 radical (unpaired) electrons. The highest BCUT2D eigenvalue weighted by Crippen LogP contribution is 2.11. The number of unbranched alkanes of at least 4 members (excludes halogenated alkanes) is 15. The van der Waals surface area contributed by atoms with Crippen molar-refractivity contribution < 1.29 is 28.6 Å². The lowest BCUT2D eigenvalue weighted by atomic mass is 10.1. The number of ether oxygens (including phenoxy) is 3. The molecule has 316 valence electrons. The molecule has 0 saturated heterocycles. The average molecular weight is 777 g/mol. The lowest BCUT2D eigenvalue weighted by Gasteiger charge is -2.18. The van der Waals surface area contributed by atoms with Crippen LogP contribution in [0.1, 0.15) is 181 Å². The molecule has 0 spiro atoms. The summed E-state index contributed by atoms with van der Waals surface area (Å²) >= 11 is 0. The van der Waals surface area contributed by atoms with Crippen LogP contribution in [0.5, 0.6) is 0 Å². The summed E-state index contributed by atoms with van der Waals surface area (Å²) in [6.45, 7) is 6.30. The smallest absolute Gasteiger partial charge is 0.306 e. The molecule has 0 aromatic rings. The molecule has 1 unspecified atom stereocenters. The SMILES string of the molecule is CC\C=C/C=C\C=C/C=C\C=C/CCCC(=O)OCC(COC(=O)CCCCCCC/C=C\CCCCC)OC(=O)CC/C=C\C/C=C\CCCCCCCC. The fraction of sp³-hybridized carbons (Fsp3) is 0.620. The van der Waals surface area contributed by atoms with Crippen LogP contribution in [-0.2, 0) is 28.6 Å². The van der Waals surface area contributed by atoms with E-state index >= 15 is 0 Å². The molecule has 6 heteroatoms. The quantitative estimate of drug-likeness (QED) is 0.0204. The van der Waals surface area contributed by atoms with Gasteiger partial charge in [0.15, 0.2) is 6.10 Å². The van der Waals surface area contributed by atoms with Gasteiger partial charge in [-0.2, -0.15) is 0 Å². The Morgan fingerprint density at radius 1 is 0.393 bits per heavy atom. The van der Waals surface area contributed by atoms with E-state index in [0.717, 1.165) is 57.8 Å². The summed E-state index contributed by atoms with van der Waals surface area (Å²) in [5, 5.41) is 0. The molecule has 0 amide bonds. The first kappa shape index (κ1) is 52.3. The molecule has 0 aliphatic rings. The number of hydrogen-bond donors (Lipinski definition) is 0. The van der Waals surface area contributed by atoms with Gasteiger partial charge in [-0.15, -0.1) is 0 Å². The molecule has 0 fully saturated rings. The van der Waals surface area contributed by atoms with Gasteiger partial charge in [-0.05, 0) is 77.0 Å². The lowest BCUT2D eigenvalue weighted by Crippen LogP contribution is -2.30. The van der Waals surface area contributed by atoms with E-state index in [4.69, 9.17) is 14.2 Å². The highest BCUT2D eigenvalue weighted by Gasteiger charge is 2.19. The van der Waals surface area contributed by atoms with E-state index in [1.54, 1.807) is 0 Å². The summed E-state index contributed by atoms with van der Waals surface area (Å²) in [5.74, 6) is -1.09. The first-order valence-corrected chi connectivity index (χ1v) is 22.3. The van der Waals surface area contributed by atoms with Crippen LogP contribution >= 0.6 is 0 Å². The highest BCUT2D eigenvalue weighted by atomic mass is 16.6. The Labute approximate surface area is 343 Å². The summed E-state index contributed by atoms with van der Waals surface area (Å²) in [6, 6.07) is 0. The van der Waals surface area contributed by atoms with E-state index in [-0.39, 0.29) is 38.0 Å². The molecule has 0 saturated carbocycles. The third-order valence-electron chi connectivity index (χ3n) is 8.93. The fourth-order valence-electron chi connectivity index (χ4n) is 5.58. The normalized spacial score (nSPS) is 13.0. The molecular weight excluding hydrogens is 697 g/mol. The zero-order valence-corrected chi connectivity index (χ0v) is 35.9. The molecule has 0 N–H and O–H groups in total. The second-order valence-electron chi connectivity index (χ2n) is 14.3. The third-order valence-corrected chi connectivity index (χ3v) is 8.93. The van der Waals surface area contributed by atoms with Crippen molar-refractivity contribution in [1.82, 2.24) is 0 Å². The van der Waals surface area contributed by atoms with Gasteiger partial charge in [0.25, 0.3) is 0 Å². The fourth-order valence-corrected chi connectivity index (χ4v) is 5.58. The predicted octanol–water partition coefficient (Wildman–Crippen LogP) is 14.2. The minimum atomic E-state index is -0.838. The zero-order valence-electron chi connectivity index (χ0n) is 35.9. The van der Waals surface area contributed by atoms with Gasteiger partial charge >= 0.3 is 17.9 Å². The molecule has 0 heterocycles. The van der Waals surface area contributed by atoms with Crippen LogP contribution in [-0.4, -0.2) is 37.2 Å². The second kappa shape index (κ2) is 44.0. The van der Waals surface area contributed by atoms with Gasteiger partial charge in [0, 0.05) is 19.3 Å². The van der Waals surface area contributed by atoms with Crippen LogP contribution in [0, 0.1) is 0 Å². The molecule has 0 rings (SSSR count). The van der Waals surface area contributed by atoms with Crippen molar-refractivity contribution in [3.05, 3.63) is 97.2 Å². The first-order chi connectivity index (χ1) is 27.5. The molecule has 0 aliphatic carbocycles.